The molecule has 0 aromatic heterocycles. The van der Waals surface area contributed by atoms with E-state index in [0.717, 1.165) is 41.7 Å². The van der Waals surface area contributed by atoms with E-state index in [-0.39, 0.29) is 47.6 Å². The lowest BCUT2D eigenvalue weighted by Gasteiger charge is -2.28. The Morgan fingerprint density at radius 1 is 0.964 bits per heavy atom. The maximum absolute atomic E-state index is 13.6. The zero-order chi connectivity index (χ0) is 19.7. The van der Waals surface area contributed by atoms with Crippen molar-refractivity contribution in [3.63, 3.8) is 0 Å². The highest BCUT2D eigenvalue weighted by Crippen LogP contribution is 2.58. The third-order valence-corrected chi connectivity index (χ3v) is 7.06. The first-order valence-corrected chi connectivity index (χ1v) is 10.5. The number of hydrogen-bond donors (Lipinski definition) is 1. The Balaban J connectivity index is 1.63. The molecular formula is C23H27NO4. The monoisotopic (exact) mass is 381 g/mol. The Morgan fingerprint density at radius 3 is 2.25 bits per heavy atom. The first-order valence-electron chi connectivity index (χ1n) is 10.5. The molecule has 0 amide bonds. The van der Waals surface area contributed by atoms with Gasteiger partial charge in [0.25, 0.3) is 0 Å². The van der Waals surface area contributed by atoms with Crippen molar-refractivity contribution in [2.45, 2.75) is 65.3 Å². The van der Waals surface area contributed by atoms with Crippen molar-refractivity contribution >= 4 is 17.1 Å². The average Bonchev–Trinajstić information content (AvgIpc) is 3.42. The normalized spacial score (nSPS) is 35.3. The van der Waals surface area contributed by atoms with Crippen LogP contribution in [-0.2, 0) is 27.2 Å². The molecule has 2 bridgehead atoms. The van der Waals surface area contributed by atoms with Crippen molar-refractivity contribution in [3.05, 3.63) is 40.1 Å². The van der Waals surface area contributed by atoms with Gasteiger partial charge in [-0.25, -0.2) is 0 Å². The van der Waals surface area contributed by atoms with Crippen LogP contribution < -0.4 is 0 Å². The molecule has 28 heavy (non-hydrogen) atoms. The number of oxime groups is 1. The van der Waals surface area contributed by atoms with E-state index in [2.05, 4.69) is 45.0 Å². The summed E-state index contributed by atoms with van der Waals surface area (Å²) >= 11 is 0. The lowest BCUT2D eigenvalue weighted by molar-refractivity contribution is -0.121. The van der Waals surface area contributed by atoms with Gasteiger partial charge >= 0.3 is 0 Å². The summed E-state index contributed by atoms with van der Waals surface area (Å²) in [4.78, 5) is 19.2. The van der Waals surface area contributed by atoms with Crippen molar-refractivity contribution in [2.24, 2.45) is 22.9 Å². The number of carbonyl (C=O) groups excluding carboxylic acids is 1. The molecule has 0 spiro atoms. The third kappa shape index (κ3) is 2.11. The van der Waals surface area contributed by atoms with E-state index in [1.54, 1.807) is 0 Å². The number of allylic oxidation sites excluding steroid dienone is 1. The predicted molar refractivity (Wildman–Crippen MR) is 106 cm³/mol. The number of Topliss-reactive ketones (excluding diaryl/α,β-unsaturated/α-hetero) is 1. The van der Waals surface area contributed by atoms with Crippen molar-refractivity contribution in [3.8, 4) is 0 Å². The second-order valence-electron chi connectivity index (χ2n) is 8.44. The number of nitrogens with zero attached hydrogens (tertiary/aromatic N) is 1. The second-order valence-corrected chi connectivity index (χ2v) is 8.44. The van der Waals surface area contributed by atoms with E-state index in [1.165, 1.54) is 5.56 Å². The zero-order valence-corrected chi connectivity index (χ0v) is 16.9. The van der Waals surface area contributed by atoms with Gasteiger partial charge in [-0.05, 0) is 42.9 Å². The summed E-state index contributed by atoms with van der Waals surface area (Å²) in [6.07, 6.45) is 1.73. The SMILES string of the molecule is CCC1=NOC2C1[C@@H]1O[C@@H]2[C@H]2C(=O)C(c3c(CC)cc(C)cc3CC)=C(O)[C@H]21. The van der Waals surface area contributed by atoms with Crippen molar-refractivity contribution < 1.29 is 19.5 Å². The maximum Gasteiger partial charge on any atom is 0.173 e. The highest BCUT2D eigenvalue weighted by molar-refractivity contribution is 6.26. The quantitative estimate of drug-likeness (QED) is 0.862. The van der Waals surface area contributed by atoms with Crippen LogP contribution in [0.2, 0.25) is 0 Å². The standard InChI is InChI=1S/C23H27NO4/c1-5-11-8-10(4)9-12(6-2)14(11)16-19(25)17-18(20(16)26)22-23-15(21(17)27-22)13(7-3)24-28-23/h8-9,15,17-18,21-23,25H,5-7H2,1-4H3/t15?,17-,18+,21-,22+,23?/m0/s1. The largest absolute Gasteiger partial charge is 0.511 e. The fourth-order valence-electron chi connectivity index (χ4n) is 5.90. The molecule has 6 atom stereocenters. The molecule has 1 aliphatic carbocycles. The molecule has 5 heteroatoms. The van der Waals surface area contributed by atoms with E-state index in [9.17, 15) is 9.90 Å². The van der Waals surface area contributed by atoms with Crippen LogP contribution in [-0.4, -0.2) is 34.9 Å². The smallest absolute Gasteiger partial charge is 0.173 e. The fraction of sp³-hybridized carbons (Fsp3) is 0.565. The number of ether oxygens (including phenoxy) is 1. The summed E-state index contributed by atoms with van der Waals surface area (Å²) in [6, 6.07) is 4.28. The Bertz CT molecular complexity index is 906. The second kappa shape index (κ2) is 6.18. The van der Waals surface area contributed by atoms with Crippen LogP contribution in [0.25, 0.3) is 5.57 Å². The molecule has 1 N–H and O–H groups in total. The van der Waals surface area contributed by atoms with Gasteiger partial charge in [0.05, 0.1) is 35.1 Å². The molecule has 3 heterocycles. The van der Waals surface area contributed by atoms with Crippen LogP contribution in [0.5, 0.6) is 0 Å². The first-order chi connectivity index (χ1) is 13.5. The topological polar surface area (TPSA) is 68.1 Å². The number of hydrogen-bond acceptors (Lipinski definition) is 5. The highest BCUT2D eigenvalue weighted by Gasteiger charge is 2.69. The molecule has 0 saturated carbocycles. The van der Waals surface area contributed by atoms with E-state index >= 15 is 0 Å². The predicted octanol–water partition coefficient (Wildman–Crippen LogP) is 3.77. The van der Waals surface area contributed by atoms with Gasteiger partial charge < -0.3 is 14.7 Å². The van der Waals surface area contributed by atoms with E-state index in [1.807, 2.05) is 0 Å². The van der Waals surface area contributed by atoms with Gasteiger partial charge in [0.15, 0.2) is 11.9 Å². The lowest BCUT2D eigenvalue weighted by atomic mass is 9.71. The van der Waals surface area contributed by atoms with E-state index in [4.69, 9.17) is 9.57 Å². The number of aliphatic hydroxyl groups excluding tert-OH is 1. The molecule has 4 aliphatic rings. The number of fused-ring (bicyclic) bond motifs is 8. The molecule has 1 aromatic carbocycles. The molecule has 5 rings (SSSR count). The number of rotatable bonds is 4. The Kier molecular flexibility index (Phi) is 3.96. The molecule has 2 saturated heterocycles. The Hall–Kier alpha value is -2.14. The molecule has 2 unspecified atom stereocenters. The first kappa shape index (κ1) is 17.9. The van der Waals surface area contributed by atoms with E-state index in [0.29, 0.717) is 5.57 Å². The van der Waals surface area contributed by atoms with Gasteiger partial charge in [-0.1, -0.05) is 43.6 Å². The van der Waals surface area contributed by atoms with E-state index < -0.39 is 0 Å². The minimum Gasteiger partial charge on any atom is -0.511 e. The molecule has 5 nitrogen and oxygen atoms in total. The number of aryl methyl sites for hydroxylation is 3. The summed E-state index contributed by atoms with van der Waals surface area (Å²) in [5.74, 6) is -0.349. The minimum absolute atomic E-state index is 0.00949. The molecule has 0 radical (unpaired) electrons. The molecule has 2 fully saturated rings. The Labute approximate surface area is 165 Å². The number of carbonyl (C=O) groups is 1. The van der Waals surface area contributed by atoms with Crippen LogP contribution in [0.15, 0.2) is 23.0 Å². The zero-order valence-electron chi connectivity index (χ0n) is 16.9. The maximum atomic E-state index is 13.6. The molecule has 148 valence electrons. The van der Waals surface area contributed by atoms with Crippen LogP contribution in [0.1, 0.15) is 49.4 Å². The lowest BCUT2D eigenvalue weighted by Crippen LogP contribution is -2.45. The molecule has 1 aromatic rings. The number of ketones is 1. The van der Waals surface area contributed by atoms with Gasteiger partial charge in [-0.15, -0.1) is 0 Å². The minimum atomic E-state index is -0.358. The van der Waals surface area contributed by atoms with Crippen molar-refractivity contribution in [1.82, 2.24) is 0 Å². The van der Waals surface area contributed by atoms with Crippen molar-refractivity contribution in [1.29, 1.82) is 0 Å². The summed E-state index contributed by atoms with van der Waals surface area (Å²) in [5, 5.41) is 15.5. The summed E-state index contributed by atoms with van der Waals surface area (Å²) in [7, 11) is 0. The van der Waals surface area contributed by atoms with Gasteiger partial charge in [-0.3, -0.25) is 4.79 Å². The van der Waals surface area contributed by atoms with Gasteiger partial charge in [-0.2, -0.15) is 0 Å². The summed E-state index contributed by atoms with van der Waals surface area (Å²) < 4.78 is 6.17. The average molecular weight is 381 g/mol. The summed E-state index contributed by atoms with van der Waals surface area (Å²) in [6.45, 7) is 8.34. The van der Waals surface area contributed by atoms with Gasteiger partial charge in [0.1, 0.15) is 11.9 Å². The highest BCUT2D eigenvalue weighted by atomic mass is 16.7. The third-order valence-electron chi connectivity index (χ3n) is 7.06. The van der Waals surface area contributed by atoms with Crippen LogP contribution in [0.4, 0.5) is 0 Å². The Morgan fingerprint density at radius 2 is 1.64 bits per heavy atom. The summed E-state index contributed by atoms with van der Waals surface area (Å²) in [5.41, 5.74) is 5.92. The van der Waals surface area contributed by atoms with Crippen LogP contribution >= 0.6 is 0 Å². The van der Waals surface area contributed by atoms with Gasteiger partial charge in [0.2, 0.25) is 0 Å². The molecule has 3 aliphatic heterocycles. The fourth-order valence-corrected chi connectivity index (χ4v) is 5.90. The molecular weight excluding hydrogens is 354 g/mol. The van der Waals surface area contributed by atoms with Crippen molar-refractivity contribution in [2.75, 3.05) is 0 Å². The van der Waals surface area contributed by atoms with Gasteiger partial charge in [0, 0.05) is 0 Å². The number of aliphatic hydroxyl groups is 1. The van der Waals surface area contributed by atoms with Crippen LogP contribution in [0, 0.1) is 24.7 Å². The number of benzene rings is 1. The van der Waals surface area contributed by atoms with Crippen LogP contribution in [0.3, 0.4) is 0 Å².